The molecule has 9 nitrogen and oxygen atoms in total. The van der Waals surface area contributed by atoms with Crippen LogP contribution in [0.1, 0.15) is 0 Å². The first-order chi connectivity index (χ1) is 16.3. The molecule has 4 aliphatic rings. The number of allylic oxidation sites excluding steroid dienone is 2. The third kappa shape index (κ3) is 5.73. The molecule has 1 aromatic heterocycles. The first-order valence-corrected chi connectivity index (χ1v) is 11.7. The van der Waals surface area contributed by atoms with Gasteiger partial charge in [0.15, 0.2) is 5.82 Å². The molecule has 0 bridgehead atoms. The van der Waals surface area contributed by atoms with Crippen molar-refractivity contribution in [3.8, 4) is 5.75 Å². The topological polar surface area (TPSA) is 83.5 Å². The van der Waals surface area contributed by atoms with E-state index in [2.05, 4.69) is 49.9 Å². The van der Waals surface area contributed by atoms with E-state index in [1.165, 1.54) is 0 Å². The standard InChI is InChI=1S/C24H32N6O3/c1-2-4-22-21(3-1)19(17-25-22)18-26-28-23-15-20(33-14-7-29-5-10-31-11-6-29)16-24(27-23)30-8-12-32-13-9-30/h1-4,15-18,21-22,26H,5-14H2,(H,27,28). The highest BCUT2D eigenvalue weighted by molar-refractivity contribution is 5.83. The van der Waals surface area contributed by atoms with E-state index in [-0.39, 0.29) is 12.0 Å². The second kappa shape index (κ2) is 10.8. The molecule has 0 saturated carbocycles. The largest absolute Gasteiger partial charge is 0.492 e. The molecule has 0 aromatic carbocycles. The molecule has 0 spiro atoms. The SMILES string of the molecule is C1=CC2N=CC(=CNNc3cc(OCCN4CCOCC4)cc(N4CCOCC4)n3)C2C=C1. The molecule has 4 heterocycles. The highest BCUT2D eigenvalue weighted by atomic mass is 16.5. The lowest BCUT2D eigenvalue weighted by Crippen LogP contribution is -2.38. The zero-order valence-electron chi connectivity index (χ0n) is 18.9. The number of hydrogen-bond donors (Lipinski definition) is 2. The zero-order chi connectivity index (χ0) is 22.3. The predicted octanol–water partition coefficient (Wildman–Crippen LogP) is 1.62. The van der Waals surface area contributed by atoms with Crippen LogP contribution in [0.5, 0.6) is 5.75 Å². The van der Waals surface area contributed by atoms with Crippen molar-refractivity contribution < 1.29 is 14.2 Å². The molecule has 3 aliphatic heterocycles. The first kappa shape index (κ1) is 21.9. The molecular formula is C24H32N6O3. The summed E-state index contributed by atoms with van der Waals surface area (Å²) < 4.78 is 17.1. The summed E-state index contributed by atoms with van der Waals surface area (Å²) in [4.78, 5) is 14.0. The van der Waals surface area contributed by atoms with Gasteiger partial charge < -0.3 is 24.5 Å². The second-order valence-corrected chi connectivity index (χ2v) is 8.43. The van der Waals surface area contributed by atoms with Gasteiger partial charge in [-0.3, -0.25) is 15.3 Å². The third-order valence-electron chi connectivity index (χ3n) is 6.23. The number of hydrazine groups is 1. The molecule has 176 valence electrons. The Bertz CT molecular complexity index is 919. The van der Waals surface area contributed by atoms with E-state index >= 15 is 0 Å². The van der Waals surface area contributed by atoms with Gasteiger partial charge in [-0.2, -0.15) is 0 Å². The van der Waals surface area contributed by atoms with E-state index < -0.39 is 0 Å². The maximum absolute atomic E-state index is 6.13. The Labute approximate surface area is 194 Å². The Kier molecular flexibility index (Phi) is 7.20. The zero-order valence-corrected chi connectivity index (χ0v) is 18.9. The number of rotatable bonds is 8. The maximum atomic E-state index is 6.13. The van der Waals surface area contributed by atoms with Crippen LogP contribution in [0.15, 0.2) is 53.2 Å². The first-order valence-electron chi connectivity index (χ1n) is 11.7. The van der Waals surface area contributed by atoms with E-state index in [9.17, 15) is 0 Å². The van der Waals surface area contributed by atoms with E-state index in [1.807, 2.05) is 24.5 Å². The Morgan fingerprint density at radius 1 is 1.03 bits per heavy atom. The molecule has 5 rings (SSSR count). The minimum atomic E-state index is 0.206. The van der Waals surface area contributed by atoms with Crippen molar-refractivity contribution in [3.63, 3.8) is 0 Å². The molecule has 2 saturated heterocycles. The molecule has 0 radical (unpaired) electrons. The van der Waals surface area contributed by atoms with Crippen molar-refractivity contribution in [1.82, 2.24) is 15.3 Å². The van der Waals surface area contributed by atoms with Crippen LogP contribution >= 0.6 is 0 Å². The number of fused-ring (bicyclic) bond motifs is 1. The molecule has 2 unspecified atom stereocenters. The summed E-state index contributed by atoms with van der Waals surface area (Å²) in [5.74, 6) is 2.69. The fourth-order valence-electron chi connectivity index (χ4n) is 4.34. The quantitative estimate of drug-likeness (QED) is 0.576. The fraction of sp³-hybridized carbons (Fsp3) is 0.500. The van der Waals surface area contributed by atoms with Gasteiger partial charge >= 0.3 is 0 Å². The van der Waals surface area contributed by atoms with Gasteiger partial charge in [0.25, 0.3) is 0 Å². The van der Waals surface area contributed by atoms with Gasteiger partial charge in [-0.1, -0.05) is 24.3 Å². The lowest BCUT2D eigenvalue weighted by atomic mass is 9.92. The van der Waals surface area contributed by atoms with Gasteiger partial charge in [-0.25, -0.2) is 4.98 Å². The van der Waals surface area contributed by atoms with Crippen LogP contribution in [0.3, 0.4) is 0 Å². The van der Waals surface area contributed by atoms with Crippen LogP contribution < -0.4 is 20.5 Å². The van der Waals surface area contributed by atoms with Crippen LogP contribution in [0.4, 0.5) is 11.6 Å². The summed E-state index contributed by atoms with van der Waals surface area (Å²) in [5, 5.41) is 0. The average molecular weight is 453 g/mol. The Balaban J connectivity index is 1.23. The van der Waals surface area contributed by atoms with E-state index in [1.54, 1.807) is 0 Å². The smallest absolute Gasteiger partial charge is 0.150 e. The van der Waals surface area contributed by atoms with Gasteiger partial charge in [0.05, 0.1) is 32.5 Å². The van der Waals surface area contributed by atoms with Crippen LogP contribution in [0, 0.1) is 5.92 Å². The normalized spacial score (nSPS) is 25.9. The molecule has 2 N–H and O–H groups in total. The molecule has 0 amide bonds. The number of nitrogens with zero attached hydrogens (tertiary/aromatic N) is 4. The summed E-state index contributed by atoms with van der Waals surface area (Å²) in [6, 6.07) is 4.16. The number of nitrogens with one attached hydrogen (secondary N) is 2. The number of anilines is 2. The average Bonchev–Trinajstić information content (AvgIpc) is 3.28. The van der Waals surface area contributed by atoms with E-state index in [4.69, 9.17) is 19.2 Å². The lowest BCUT2D eigenvalue weighted by molar-refractivity contribution is 0.0322. The summed E-state index contributed by atoms with van der Waals surface area (Å²) in [5.41, 5.74) is 7.56. The number of hydrogen-bond acceptors (Lipinski definition) is 9. The highest BCUT2D eigenvalue weighted by Crippen LogP contribution is 2.28. The van der Waals surface area contributed by atoms with E-state index in [0.717, 1.165) is 63.1 Å². The van der Waals surface area contributed by atoms with Gasteiger partial charge in [0.1, 0.15) is 18.2 Å². The summed E-state index contributed by atoms with van der Waals surface area (Å²) in [6.07, 6.45) is 12.3. The molecular weight excluding hydrogens is 420 g/mol. The second-order valence-electron chi connectivity index (χ2n) is 8.43. The van der Waals surface area contributed by atoms with Crippen LogP contribution in [-0.4, -0.2) is 87.9 Å². The van der Waals surface area contributed by atoms with Crippen molar-refractivity contribution in [3.05, 3.63) is 48.2 Å². The monoisotopic (exact) mass is 452 g/mol. The van der Waals surface area contributed by atoms with E-state index in [0.29, 0.717) is 25.6 Å². The number of ether oxygens (including phenoxy) is 3. The Hall–Kier alpha value is -2.88. The van der Waals surface area contributed by atoms with Crippen molar-refractivity contribution in [2.45, 2.75) is 6.04 Å². The number of morpholine rings is 2. The van der Waals surface area contributed by atoms with Crippen LogP contribution in [0.25, 0.3) is 0 Å². The Morgan fingerprint density at radius 3 is 2.67 bits per heavy atom. The number of pyridine rings is 1. The van der Waals surface area contributed by atoms with Gasteiger partial charge in [0.2, 0.25) is 0 Å². The summed E-state index contributed by atoms with van der Waals surface area (Å²) in [6.45, 7) is 8.08. The predicted molar refractivity (Wildman–Crippen MR) is 129 cm³/mol. The van der Waals surface area contributed by atoms with Crippen LogP contribution in [0.2, 0.25) is 0 Å². The molecule has 1 aliphatic carbocycles. The molecule has 1 aromatic rings. The van der Waals surface area contributed by atoms with Gasteiger partial charge in [-0.15, -0.1) is 0 Å². The highest BCUT2D eigenvalue weighted by Gasteiger charge is 2.25. The third-order valence-corrected chi connectivity index (χ3v) is 6.23. The van der Waals surface area contributed by atoms with Crippen LogP contribution in [-0.2, 0) is 9.47 Å². The summed E-state index contributed by atoms with van der Waals surface area (Å²) in [7, 11) is 0. The molecule has 2 atom stereocenters. The van der Waals surface area contributed by atoms with Crippen molar-refractivity contribution >= 4 is 17.9 Å². The number of aromatic nitrogens is 1. The van der Waals surface area contributed by atoms with Crippen molar-refractivity contribution in [2.75, 3.05) is 76.1 Å². The Morgan fingerprint density at radius 2 is 1.82 bits per heavy atom. The lowest BCUT2D eigenvalue weighted by Gasteiger charge is -2.29. The van der Waals surface area contributed by atoms with Crippen molar-refractivity contribution in [2.24, 2.45) is 10.9 Å². The minimum Gasteiger partial charge on any atom is -0.492 e. The van der Waals surface area contributed by atoms with Gasteiger partial charge in [0, 0.05) is 63.2 Å². The molecule has 9 heteroatoms. The minimum absolute atomic E-state index is 0.206. The fourth-order valence-corrected chi connectivity index (χ4v) is 4.34. The molecule has 33 heavy (non-hydrogen) atoms. The number of aliphatic imine (C=N–C) groups is 1. The van der Waals surface area contributed by atoms with Gasteiger partial charge in [-0.05, 0) is 5.57 Å². The van der Waals surface area contributed by atoms with Crippen molar-refractivity contribution in [1.29, 1.82) is 0 Å². The molecule has 2 fully saturated rings. The summed E-state index contributed by atoms with van der Waals surface area (Å²) >= 11 is 0. The maximum Gasteiger partial charge on any atom is 0.150 e.